The van der Waals surface area contributed by atoms with Crippen LogP contribution in [0.1, 0.15) is 44.5 Å². The second-order valence-corrected chi connectivity index (χ2v) is 7.12. The van der Waals surface area contributed by atoms with Crippen molar-refractivity contribution in [3.63, 3.8) is 0 Å². The number of hydrogen-bond acceptors (Lipinski definition) is 4. The Bertz CT molecular complexity index is 750. The Balaban J connectivity index is 1.94. The number of amides is 1. The summed E-state index contributed by atoms with van der Waals surface area (Å²) in [6.07, 6.45) is 3.22. The van der Waals surface area contributed by atoms with E-state index in [-0.39, 0.29) is 17.6 Å². The fourth-order valence-electron chi connectivity index (χ4n) is 3.43. The molecule has 134 valence electrons. The van der Waals surface area contributed by atoms with Gasteiger partial charge in [0, 0.05) is 5.56 Å². The number of benzene rings is 1. The number of rotatable bonds is 4. The monoisotopic (exact) mass is 343 g/mol. The summed E-state index contributed by atoms with van der Waals surface area (Å²) in [6.45, 7) is 6.58. The molecule has 6 heteroatoms. The molecule has 1 aromatic carbocycles. The lowest BCUT2D eigenvalue weighted by Gasteiger charge is -2.35. The summed E-state index contributed by atoms with van der Waals surface area (Å²) in [4.78, 5) is 11.9. The van der Waals surface area contributed by atoms with E-state index in [1.807, 2.05) is 35.1 Å². The number of nitrogens with zero attached hydrogens (tertiary/aromatic N) is 2. The first-order valence-corrected chi connectivity index (χ1v) is 8.58. The molecule has 1 N–H and O–H groups in total. The molecule has 3 rings (SSSR count). The molecular formula is C19H25N3O3. The molecule has 1 atom stereocenters. The highest BCUT2D eigenvalue weighted by Gasteiger charge is 2.36. The van der Waals surface area contributed by atoms with Gasteiger partial charge in [-0.2, -0.15) is 5.10 Å². The van der Waals surface area contributed by atoms with Crippen molar-refractivity contribution in [2.45, 2.75) is 39.7 Å². The molecule has 0 bridgehead atoms. The molecule has 0 spiro atoms. The predicted octanol–water partition coefficient (Wildman–Crippen LogP) is 3.64. The number of carbonyl (C=O) groups is 1. The second-order valence-electron chi connectivity index (χ2n) is 7.12. The minimum Gasteiger partial charge on any atom is -0.497 e. The quantitative estimate of drug-likeness (QED) is 0.920. The van der Waals surface area contributed by atoms with E-state index in [1.54, 1.807) is 14.0 Å². The Kier molecular flexibility index (Phi) is 4.70. The first kappa shape index (κ1) is 17.3. The number of carbonyl (C=O) groups excluding carboxylic acids is 1. The average molecular weight is 343 g/mol. The summed E-state index contributed by atoms with van der Waals surface area (Å²) >= 11 is 0. The second kappa shape index (κ2) is 6.78. The minimum atomic E-state index is -0.381. The molecule has 6 nitrogen and oxygen atoms in total. The molecule has 0 saturated heterocycles. The van der Waals surface area contributed by atoms with Crippen molar-refractivity contribution in [1.82, 2.24) is 15.1 Å². The maximum absolute atomic E-state index is 11.9. The molecule has 0 radical (unpaired) electrons. The van der Waals surface area contributed by atoms with E-state index in [9.17, 15) is 4.79 Å². The van der Waals surface area contributed by atoms with E-state index in [2.05, 4.69) is 24.3 Å². The molecule has 1 aromatic heterocycles. The molecule has 25 heavy (non-hydrogen) atoms. The van der Waals surface area contributed by atoms with Crippen molar-refractivity contribution in [3.05, 3.63) is 41.7 Å². The summed E-state index contributed by atoms with van der Waals surface area (Å²) in [7, 11) is 1.65. The Labute approximate surface area is 148 Å². The van der Waals surface area contributed by atoms with E-state index in [1.165, 1.54) is 0 Å². The molecule has 2 aromatic rings. The topological polar surface area (TPSA) is 65.4 Å². The van der Waals surface area contributed by atoms with Crippen LogP contribution in [-0.2, 0) is 11.2 Å². The van der Waals surface area contributed by atoms with Crippen LogP contribution in [0.25, 0.3) is 5.69 Å². The Morgan fingerprint density at radius 3 is 2.72 bits per heavy atom. The molecule has 1 heterocycles. The van der Waals surface area contributed by atoms with E-state index in [4.69, 9.17) is 9.47 Å². The fraction of sp³-hybridized carbons (Fsp3) is 0.474. The van der Waals surface area contributed by atoms with Crippen LogP contribution in [0.15, 0.2) is 30.5 Å². The van der Waals surface area contributed by atoms with Crippen LogP contribution in [0.5, 0.6) is 5.75 Å². The smallest absolute Gasteiger partial charge is 0.407 e. The Hall–Kier alpha value is -2.50. The summed E-state index contributed by atoms with van der Waals surface area (Å²) in [5.41, 5.74) is 3.22. The van der Waals surface area contributed by atoms with Crippen LogP contribution in [-0.4, -0.2) is 29.6 Å². The van der Waals surface area contributed by atoms with Crippen LogP contribution < -0.4 is 10.1 Å². The van der Waals surface area contributed by atoms with Crippen molar-refractivity contribution in [2.75, 3.05) is 13.7 Å². The van der Waals surface area contributed by atoms with Crippen molar-refractivity contribution in [3.8, 4) is 11.4 Å². The Morgan fingerprint density at radius 1 is 1.36 bits per heavy atom. The normalized spacial score (nSPS) is 18.3. The van der Waals surface area contributed by atoms with Gasteiger partial charge in [-0.15, -0.1) is 0 Å². The predicted molar refractivity (Wildman–Crippen MR) is 95.1 cm³/mol. The maximum Gasteiger partial charge on any atom is 0.407 e. The molecular weight excluding hydrogens is 318 g/mol. The van der Waals surface area contributed by atoms with Gasteiger partial charge in [-0.05, 0) is 49.4 Å². The van der Waals surface area contributed by atoms with Crippen molar-refractivity contribution in [1.29, 1.82) is 0 Å². The maximum atomic E-state index is 11.9. The number of fused-ring (bicyclic) bond motifs is 1. The first-order chi connectivity index (χ1) is 11.9. The zero-order chi connectivity index (χ0) is 18.0. The van der Waals surface area contributed by atoms with E-state index in [0.29, 0.717) is 6.61 Å². The van der Waals surface area contributed by atoms with Crippen LogP contribution in [0.3, 0.4) is 0 Å². The SMILES string of the molecule is CCOC(=O)NC1CC(C)(C)Cc2c1cnn2-c1ccc(OC)cc1. The van der Waals surface area contributed by atoms with Gasteiger partial charge in [0.1, 0.15) is 5.75 Å². The zero-order valence-electron chi connectivity index (χ0n) is 15.2. The van der Waals surface area contributed by atoms with Crippen molar-refractivity contribution < 1.29 is 14.3 Å². The summed E-state index contributed by atoms with van der Waals surface area (Å²) in [5.74, 6) is 0.812. The lowest BCUT2D eigenvalue weighted by molar-refractivity contribution is 0.141. The molecule has 0 aliphatic heterocycles. The van der Waals surface area contributed by atoms with Crippen LogP contribution in [0, 0.1) is 5.41 Å². The summed E-state index contributed by atoms with van der Waals surface area (Å²) in [5, 5.41) is 7.56. The summed E-state index contributed by atoms with van der Waals surface area (Å²) in [6, 6.07) is 7.73. The molecule has 1 unspecified atom stereocenters. The van der Waals surface area contributed by atoms with Crippen LogP contribution in [0.4, 0.5) is 4.79 Å². The number of hydrogen-bond donors (Lipinski definition) is 1. The standard InChI is InChI=1S/C19H25N3O3/c1-5-25-18(23)21-16-10-19(2,3)11-17-15(16)12-20-22(17)13-6-8-14(24-4)9-7-13/h6-9,12,16H,5,10-11H2,1-4H3,(H,21,23). The summed E-state index contributed by atoms with van der Waals surface area (Å²) < 4.78 is 12.2. The largest absolute Gasteiger partial charge is 0.497 e. The molecule has 1 aliphatic rings. The minimum absolute atomic E-state index is 0.0570. The molecule has 0 saturated carbocycles. The highest BCUT2D eigenvalue weighted by atomic mass is 16.5. The van der Waals surface area contributed by atoms with Crippen molar-refractivity contribution in [2.24, 2.45) is 5.41 Å². The van der Waals surface area contributed by atoms with Crippen LogP contribution in [0.2, 0.25) is 0 Å². The molecule has 1 amide bonds. The van der Waals surface area contributed by atoms with Gasteiger partial charge in [0.2, 0.25) is 0 Å². The third-order valence-corrected chi connectivity index (χ3v) is 4.56. The van der Waals surface area contributed by atoms with Gasteiger partial charge < -0.3 is 14.8 Å². The van der Waals surface area contributed by atoms with E-state index >= 15 is 0 Å². The van der Waals surface area contributed by atoms with E-state index in [0.717, 1.165) is 35.5 Å². The molecule has 1 aliphatic carbocycles. The van der Waals surface area contributed by atoms with E-state index < -0.39 is 0 Å². The Morgan fingerprint density at radius 2 is 2.08 bits per heavy atom. The van der Waals surface area contributed by atoms with Gasteiger partial charge in [-0.25, -0.2) is 9.48 Å². The first-order valence-electron chi connectivity index (χ1n) is 8.58. The number of nitrogens with one attached hydrogen (secondary N) is 1. The van der Waals surface area contributed by atoms with Crippen molar-refractivity contribution >= 4 is 6.09 Å². The molecule has 0 fully saturated rings. The highest BCUT2D eigenvalue weighted by Crippen LogP contribution is 2.41. The van der Waals surface area contributed by atoms with Gasteiger partial charge in [-0.1, -0.05) is 13.8 Å². The van der Waals surface area contributed by atoms with Gasteiger partial charge in [0.05, 0.1) is 37.3 Å². The van der Waals surface area contributed by atoms with Gasteiger partial charge in [0.15, 0.2) is 0 Å². The van der Waals surface area contributed by atoms with Gasteiger partial charge in [0.25, 0.3) is 0 Å². The lowest BCUT2D eigenvalue weighted by atomic mass is 9.74. The third kappa shape index (κ3) is 3.62. The van der Waals surface area contributed by atoms with Crippen LogP contribution >= 0.6 is 0 Å². The highest BCUT2D eigenvalue weighted by molar-refractivity contribution is 5.68. The zero-order valence-corrected chi connectivity index (χ0v) is 15.2. The number of aromatic nitrogens is 2. The fourth-order valence-corrected chi connectivity index (χ4v) is 3.43. The third-order valence-electron chi connectivity index (χ3n) is 4.56. The lowest BCUT2D eigenvalue weighted by Crippen LogP contribution is -2.37. The number of ether oxygens (including phenoxy) is 2. The van der Waals surface area contributed by atoms with Gasteiger partial charge >= 0.3 is 6.09 Å². The van der Waals surface area contributed by atoms with Gasteiger partial charge in [-0.3, -0.25) is 0 Å². The number of methoxy groups -OCH3 is 1. The average Bonchev–Trinajstić information content (AvgIpc) is 2.97. The number of alkyl carbamates (subject to hydrolysis) is 1.